The van der Waals surface area contributed by atoms with Crippen LogP contribution in [0.15, 0.2) is 0 Å². The van der Waals surface area contributed by atoms with E-state index in [1.54, 1.807) is 0 Å². The van der Waals surface area contributed by atoms with Crippen LogP contribution in [0.25, 0.3) is 0 Å². The highest BCUT2D eigenvalue weighted by Crippen LogP contribution is 2.36. The van der Waals surface area contributed by atoms with E-state index in [0.717, 1.165) is 12.8 Å². The summed E-state index contributed by atoms with van der Waals surface area (Å²) < 4.78 is 11.6. The van der Waals surface area contributed by atoms with Crippen molar-refractivity contribution >= 4 is 0 Å². The van der Waals surface area contributed by atoms with E-state index in [0.29, 0.717) is 13.2 Å². The maximum Gasteiger partial charge on any atom is 0.168 e. The first-order valence-electron chi connectivity index (χ1n) is 5.36. The molecule has 0 aromatic rings. The van der Waals surface area contributed by atoms with E-state index >= 15 is 0 Å². The van der Waals surface area contributed by atoms with Crippen LogP contribution in [-0.2, 0) is 9.47 Å². The van der Waals surface area contributed by atoms with Gasteiger partial charge in [-0.05, 0) is 12.8 Å². The third-order valence-corrected chi connectivity index (χ3v) is 3.04. The van der Waals surface area contributed by atoms with Gasteiger partial charge in [-0.3, -0.25) is 0 Å². The molecule has 0 aromatic carbocycles. The smallest absolute Gasteiger partial charge is 0.168 e. The molecule has 0 aromatic heterocycles. The summed E-state index contributed by atoms with van der Waals surface area (Å²) in [4.78, 5) is 0. The van der Waals surface area contributed by atoms with Gasteiger partial charge in [0.05, 0.1) is 12.7 Å². The van der Waals surface area contributed by atoms with Crippen LogP contribution in [0.2, 0.25) is 0 Å². The highest BCUT2D eigenvalue weighted by atomic mass is 16.7. The van der Waals surface area contributed by atoms with Gasteiger partial charge in [0.15, 0.2) is 5.79 Å². The van der Waals surface area contributed by atoms with Crippen LogP contribution in [-0.4, -0.2) is 25.0 Å². The highest BCUT2D eigenvalue weighted by molar-refractivity contribution is 4.81. The molecule has 2 N–H and O–H groups in total. The second-order valence-corrected chi connectivity index (χ2v) is 4.11. The minimum atomic E-state index is -0.249. The van der Waals surface area contributed by atoms with Gasteiger partial charge in [-0.1, -0.05) is 12.8 Å². The third kappa shape index (κ3) is 2.03. The first kappa shape index (κ1) is 9.44. The molecule has 3 nitrogen and oxygen atoms in total. The van der Waals surface area contributed by atoms with Gasteiger partial charge in [0.25, 0.3) is 0 Å². The van der Waals surface area contributed by atoms with E-state index in [-0.39, 0.29) is 11.9 Å². The number of nitrogens with two attached hydrogens (primary N) is 1. The van der Waals surface area contributed by atoms with Crippen molar-refractivity contribution in [1.82, 2.24) is 0 Å². The van der Waals surface area contributed by atoms with Gasteiger partial charge < -0.3 is 15.2 Å². The van der Waals surface area contributed by atoms with Crippen LogP contribution >= 0.6 is 0 Å². The van der Waals surface area contributed by atoms with Crippen LogP contribution in [0, 0.1) is 0 Å². The van der Waals surface area contributed by atoms with E-state index in [2.05, 4.69) is 0 Å². The van der Waals surface area contributed by atoms with Crippen molar-refractivity contribution in [2.24, 2.45) is 5.73 Å². The van der Waals surface area contributed by atoms with Gasteiger partial charge in [-0.25, -0.2) is 0 Å². The van der Waals surface area contributed by atoms with Crippen LogP contribution in [0.5, 0.6) is 0 Å². The standard InChI is InChI=1S/C10H19NO2/c11-7-9-8-12-10(13-9)5-3-1-2-4-6-10/h9H,1-8,11H2. The SMILES string of the molecule is NCC1COC2(CCCCCC2)O1. The molecule has 3 heteroatoms. The number of hydrogen-bond acceptors (Lipinski definition) is 3. The quantitative estimate of drug-likeness (QED) is 0.671. The molecule has 1 spiro atoms. The Balaban J connectivity index is 1.95. The van der Waals surface area contributed by atoms with Crippen molar-refractivity contribution in [3.8, 4) is 0 Å². The van der Waals surface area contributed by atoms with Crippen molar-refractivity contribution in [2.75, 3.05) is 13.2 Å². The van der Waals surface area contributed by atoms with Crippen molar-refractivity contribution in [3.63, 3.8) is 0 Å². The molecule has 1 aliphatic carbocycles. The summed E-state index contributed by atoms with van der Waals surface area (Å²) in [5.41, 5.74) is 5.56. The molecule has 0 amide bonds. The maximum atomic E-state index is 5.87. The zero-order valence-electron chi connectivity index (χ0n) is 8.13. The van der Waals surface area contributed by atoms with E-state index in [9.17, 15) is 0 Å². The Morgan fingerprint density at radius 2 is 1.85 bits per heavy atom. The maximum absolute atomic E-state index is 5.87. The van der Waals surface area contributed by atoms with E-state index in [1.165, 1.54) is 25.7 Å². The average molecular weight is 185 g/mol. The third-order valence-electron chi connectivity index (χ3n) is 3.04. The molecule has 0 bridgehead atoms. The highest BCUT2D eigenvalue weighted by Gasteiger charge is 2.40. The summed E-state index contributed by atoms with van der Waals surface area (Å²) in [6, 6.07) is 0. The van der Waals surface area contributed by atoms with E-state index < -0.39 is 0 Å². The fourth-order valence-electron chi connectivity index (χ4n) is 2.26. The van der Waals surface area contributed by atoms with Crippen molar-refractivity contribution < 1.29 is 9.47 Å². The second-order valence-electron chi connectivity index (χ2n) is 4.11. The van der Waals surface area contributed by atoms with Crippen LogP contribution < -0.4 is 5.73 Å². The van der Waals surface area contributed by atoms with Gasteiger partial charge in [-0.15, -0.1) is 0 Å². The molecule has 1 saturated carbocycles. The molecule has 76 valence electrons. The lowest BCUT2D eigenvalue weighted by molar-refractivity contribution is -0.175. The Morgan fingerprint density at radius 3 is 2.38 bits per heavy atom. The van der Waals surface area contributed by atoms with Crippen LogP contribution in [0.1, 0.15) is 38.5 Å². The molecule has 0 radical (unpaired) electrons. The van der Waals surface area contributed by atoms with Gasteiger partial charge in [-0.2, -0.15) is 0 Å². The van der Waals surface area contributed by atoms with Crippen molar-refractivity contribution in [3.05, 3.63) is 0 Å². The molecular formula is C10H19NO2. The predicted molar refractivity (Wildman–Crippen MR) is 50.3 cm³/mol. The molecular weight excluding hydrogens is 166 g/mol. The fourth-order valence-corrected chi connectivity index (χ4v) is 2.26. The number of rotatable bonds is 1. The summed E-state index contributed by atoms with van der Waals surface area (Å²) >= 11 is 0. The first-order chi connectivity index (χ1) is 6.35. The Kier molecular flexibility index (Phi) is 2.86. The van der Waals surface area contributed by atoms with Crippen molar-refractivity contribution in [2.45, 2.75) is 50.4 Å². The Morgan fingerprint density at radius 1 is 1.15 bits per heavy atom. The minimum Gasteiger partial charge on any atom is -0.347 e. The Bertz CT molecular complexity index is 164. The summed E-state index contributed by atoms with van der Waals surface area (Å²) in [6.45, 7) is 1.28. The summed E-state index contributed by atoms with van der Waals surface area (Å²) in [7, 11) is 0. The molecule has 2 aliphatic rings. The van der Waals surface area contributed by atoms with Gasteiger partial charge in [0.2, 0.25) is 0 Å². The molecule has 2 rings (SSSR count). The molecule has 1 saturated heterocycles. The Labute approximate surface area is 79.6 Å². The average Bonchev–Trinajstić information content (AvgIpc) is 2.40. The molecule has 1 unspecified atom stereocenters. The number of hydrogen-bond donors (Lipinski definition) is 1. The lowest BCUT2D eigenvalue weighted by Crippen LogP contribution is -2.31. The molecule has 1 heterocycles. The second kappa shape index (κ2) is 3.95. The Hall–Kier alpha value is -0.120. The molecule has 2 fully saturated rings. The van der Waals surface area contributed by atoms with Gasteiger partial charge in [0.1, 0.15) is 0 Å². The monoisotopic (exact) mass is 185 g/mol. The fraction of sp³-hybridized carbons (Fsp3) is 1.00. The summed E-state index contributed by atoms with van der Waals surface area (Å²) in [5, 5.41) is 0. The molecule has 1 atom stereocenters. The zero-order valence-corrected chi connectivity index (χ0v) is 8.13. The minimum absolute atomic E-state index is 0.137. The van der Waals surface area contributed by atoms with E-state index in [1.807, 2.05) is 0 Å². The predicted octanol–water partition coefficient (Wildman–Crippen LogP) is 1.41. The van der Waals surface area contributed by atoms with Crippen LogP contribution in [0.4, 0.5) is 0 Å². The lowest BCUT2D eigenvalue weighted by Gasteiger charge is -2.26. The number of ether oxygens (including phenoxy) is 2. The normalized spacial score (nSPS) is 33.5. The van der Waals surface area contributed by atoms with Crippen molar-refractivity contribution in [1.29, 1.82) is 0 Å². The molecule has 1 aliphatic heterocycles. The summed E-state index contributed by atoms with van der Waals surface area (Å²) in [5.74, 6) is -0.249. The van der Waals surface area contributed by atoms with Crippen LogP contribution in [0.3, 0.4) is 0 Å². The van der Waals surface area contributed by atoms with E-state index in [4.69, 9.17) is 15.2 Å². The topological polar surface area (TPSA) is 44.5 Å². The van der Waals surface area contributed by atoms with Gasteiger partial charge >= 0.3 is 0 Å². The lowest BCUT2D eigenvalue weighted by atomic mass is 10.1. The summed E-state index contributed by atoms with van der Waals surface area (Å²) in [6.07, 6.45) is 7.36. The zero-order chi connectivity index (χ0) is 9.15. The molecule has 13 heavy (non-hydrogen) atoms. The van der Waals surface area contributed by atoms with Gasteiger partial charge in [0, 0.05) is 19.4 Å². The first-order valence-corrected chi connectivity index (χ1v) is 5.36. The largest absolute Gasteiger partial charge is 0.347 e.